The second kappa shape index (κ2) is 6.25. The molecule has 0 spiro atoms. The summed E-state index contributed by atoms with van der Waals surface area (Å²) in [5.74, 6) is 1.73. The van der Waals surface area contributed by atoms with Crippen molar-refractivity contribution in [3.05, 3.63) is 28.7 Å². The molecule has 1 N–H and O–H groups in total. The summed E-state index contributed by atoms with van der Waals surface area (Å²) in [5, 5.41) is 3.58. The highest BCUT2D eigenvalue weighted by molar-refractivity contribution is 9.10. The minimum absolute atomic E-state index is 0.450. The Morgan fingerprint density at radius 2 is 2.21 bits per heavy atom. The van der Waals surface area contributed by atoms with E-state index in [1.165, 1.54) is 12.8 Å². The lowest BCUT2D eigenvalue weighted by atomic mass is 10.1. The monoisotopic (exact) mass is 325 g/mol. The minimum Gasteiger partial charge on any atom is -0.492 e. The number of rotatable bonds is 6. The van der Waals surface area contributed by atoms with Crippen molar-refractivity contribution in [3.8, 4) is 5.75 Å². The van der Waals surface area contributed by atoms with Gasteiger partial charge >= 0.3 is 0 Å². The van der Waals surface area contributed by atoms with E-state index in [9.17, 15) is 0 Å². The van der Waals surface area contributed by atoms with Crippen molar-refractivity contribution in [2.24, 2.45) is 5.92 Å². The van der Waals surface area contributed by atoms with Gasteiger partial charge in [0.15, 0.2) is 0 Å². The molecule has 0 radical (unpaired) electrons. The van der Waals surface area contributed by atoms with Crippen LogP contribution in [0.5, 0.6) is 5.75 Å². The molecule has 1 saturated carbocycles. The van der Waals surface area contributed by atoms with Crippen LogP contribution < -0.4 is 10.1 Å². The Bertz CT molecular complexity index is 422. The first-order chi connectivity index (χ1) is 9.33. The SMILES string of the molecule is Brc1cccc(OCCNC2CCOC2C2CC2)c1. The van der Waals surface area contributed by atoms with Crippen molar-refractivity contribution in [2.45, 2.75) is 31.4 Å². The Kier molecular flexibility index (Phi) is 4.41. The molecule has 104 valence electrons. The molecule has 1 saturated heterocycles. The smallest absolute Gasteiger partial charge is 0.120 e. The zero-order valence-electron chi connectivity index (χ0n) is 11.0. The summed E-state index contributed by atoms with van der Waals surface area (Å²) in [6.45, 7) is 2.49. The standard InChI is InChI=1S/C15H20BrNO2/c16-12-2-1-3-13(10-12)18-9-7-17-14-6-8-19-15(14)11-4-5-11/h1-3,10-11,14-15,17H,4-9H2. The molecule has 1 aromatic rings. The molecule has 0 bridgehead atoms. The van der Waals surface area contributed by atoms with E-state index >= 15 is 0 Å². The van der Waals surface area contributed by atoms with Crippen LogP contribution in [0.4, 0.5) is 0 Å². The maximum Gasteiger partial charge on any atom is 0.120 e. The topological polar surface area (TPSA) is 30.5 Å². The molecule has 4 heteroatoms. The van der Waals surface area contributed by atoms with Crippen molar-refractivity contribution < 1.29 is 9.47 Å². The average molecular weight is 326 g/mol. The molecule has 1 aromatic carbocycles. The van der Waals surface area contributed by atoms with Crippen LogP contribution in [0.15, 0.2) is 28.7 Å². The first kappa shape index (κ1) is 13.4. The third kappa shape index (κ3) is 3.71. The fraction of sp³-hybridized carbons (Fsp3) is 0.600. The summed E-state index contributed by atoms with van der Waals surface area (Å²) in [6.07, 6.45) is 4.28. The number of halogens is 1. The number of benzene rings is 1. The van der Waals surface area contributed by atoms with Crippen molar-refractivity contribution in [1.29, 1.82) is 0 Å². The second-order valence-corrected chi connectivity index (χ2v) is 6.24. The van der Waals surface area contributed by atoms with Crippen LogP contribution in [-0.4, -0.2) is 31.9 Å². The summed E-state index contributed by atoms with van der Waals surface area (Å²) >= 11 is 3.44. The molecule has 0 amide bonds. The Balaban J connectivity index is 1.38. The van der Waals surface area contributed by atoms with Gasteiger partial charge in [-0.15, -0.1) is 0 Å². The van der Waals surface area contributed by atoms with Crippen LogP contribution in [-0.2, 0) is 4.74 Å². The van der Waals surface area contributed by atoms with Gasteiger partial charge in [0.05, 0.1) is 6.10 Å². The van der Waals surface area contributed by atoms with Gasteiger partial charge < -0.3 is 14.8 Å². The van der Waals surface area contributed by atoms with Crippen LogP contribution in [0.1, 0.15) is 19.3 Å². The Hall–Kier alpha value is -0.580. The highest BCUT2D eigenvalue weighted by atomic mass is 79.9. The van der Waals surface area contributed by atoms with Crippen LogP contribution in [0, 0.1) is 5.92 Å². The van der Waals surface area contributed by atoms with Crippen LogP contribution >= 0.6 is 15.9 Å². The van der Waals surface area contributed by atoms with Crippen molar-refractivity contribution in [1.82, 2.24) is 5.32 Å². The van der Waals surface area contributed by atoms with E-state index in [2.05, 4.69) is 21.2 Å². The molecule has 19 heavy (non-hydrogen) atoms. The van der Waals surface area contributed by atoms with Crippen molar-refractivity contribution in [2.75, 3.05) is 19.8 Å². The summed E-state index contributed by atoms with van der Waals surface area (Å²) in [7, 11) is 0. The first-order valence-electron chi connectivity index (χ1n) is 7.06. The summed E-state index contributed by atoms with van der Waals surface area (Å²) in [6, 6.07) is 8.49. The normalized spacial score (nSPS) is 26.6. The Morgan fingerprint density at radius 1 is 1.32 bits per heavy atom. The quantitative estimate of drug-likeness (QED) is 0.815. The molecule has 2 unspecified atom stereocenters. The van der Waals surface area contributed by atoms with Crippen molar-refractivity contribution in [3.63, 3.8) is 0 Å². The van der Waals surface area contributed by atoms with E-state index in [0.29, 0.717) is 18.8 Å². The summed E-state index contributed by atoms with van der Waals surface area (Å²) in [5.41, 5.74) is 0. The second-order valence-electron chi connectivity index (χ2n) is 5.33. The molecular weight excluding hydrogens is 306 g/mol. The van der Waals surface area contributed by atoms with E-state index in [4.69, 9.17) is 9.47 Å². The van der Waals surface area contributed by atoms with Crippen LogP contribution in [0.3, 0.4) is 0 Å². The predicted octanol–water partition coefficient (Wildman–Crippen LogP) is 2.99. The number of hydrogen-bond donors (Lipinski definition) is 1. The largest absolute Gasteiger partial charge is 0.492 e. The van der Waals surface area contributed by atoms with E-state index in [-0.39, 0.29) is 0 Å². The zero-order chi connectivity index (χ0) is 13.1. The zero-order valence-corrected chi connectivity index (χ0v) is 12.6. The number of nitrogens with one attached hydrogen (secondary N) is 1. The van der Waals surface area contributed by atoms with Gasteiger partial charge in [0.2, 0.25) is 0 Å². The van der Waals surface area contributed by atoms with E-state index in [1.807, 2.05) is 24.3 Å². The van der Waals surface area contributed by atoms with Gasteiger partial charge in [0.25, 0.3) is 0 Å². The molecular formula is C15H20BrNO2. The third-order valence-electron chi connectivity index (χ3n) is 3.80. The highest BCUT2D eigenvalue weighted by Gasteiger charge is 2.40. The van der Waals surface area contributed by atoms with Gasteiger partial charge in [-0.25, -0.2) is 0 Å². The molecule has 0 aromatic heterocycles. The molecule has 1 aliphatic carbocycles. The number of ether oxygens (including phenoxy) is 2. The van der Waals surface area contributed by atoms with E-state index < -0.39 is 0 Å². The lowest BCUT2D eigenvalue weighted by molar-refractivity contribution is 0.0804. The average Bonchev–Trinajstić information content (AvgIpc) is 3.14. The first-order valence-corrected chi connectivity index (χ1v) is 7.85. The Labute approximate surface area is 122 Å². The fourth-order valence-corrected chi connectivity index (χ4v) is 3.07. The van der Waals surface area contributed by atoms with Gasteiger partial charge in [-0.05, 0) is 43.4 Å². The van der Waals surface area contributed by atoms with Gasteiger partial charge in [0.1, 0.15) is 12.4 Å². The van der Waals surface area contributed by atoms with E-state index in [0.717, 1.165) is 35.7 Å². The summed E-state index contributed by atoms with van der Waals surface area (Å²) in [4.78, 5) is 0. The molecule has 3 nitrogen and oxygen atoms in total. The molecule has 3 rings (SSSR count). The van der Waals surface area contributed by atoms with Crippen molar-refractivity contribution >= 4 is 15.9 Å². The lowest BCUT2D eigenvalue weighted by Gasteiger charge is -2.19. The fourth-order valence-electron chi connectivity index (χ4n) is 2.69. The minimum atomic E-state index is 0.450. The highest BCUT2D eigenvalue weighted by Crippen LogP contribution is 2.38. The van der Waals surface area contributed by atoms with Gasteiger partial charge in [-0.2, -0.15) is 0 Å². The van der Waals surface area contributed by atoms with Crippen LogP contribution in [0.2, 0.25) is 0 Å². The predicted molar refractivity (Wildman–Crippen MR) is 78.5 cm³/mol. The summed E-state index contributed by atoms with van der Waals surface area (Å²) < 4.78 is 12.6. The number of hydrogen-bond acceptors (Lipinski definition) is 3. The maximum absolute atomic E-state index is 5.81. The van der Waals surface area contributed by atoms with Gasteiger partial charge in [-0.3, -0.25) is 0 Å². The third-order valence-corrected chi connectivity index (χ3v) is 4.29. The molecule has 2 aliphatic rings. The maximum atomic E-state index is 5.81. The molecule has 2 atom stereocenters. The van der Waals surface area contributed by atoms with E-state index in [1.54, 1.807) is 0 Å². The molecule has 1 heterocycles. The lowest BCUT2D eigenvalue weighted by Crippen LogP contribution is -2.39. The van der Waals surface area contributed by atoms with Crippen LogP contribution in [0.25, 0.3) is 0 Å². The Morgan fingerprint density at radius 3 is 3.00 bits per heavy atom. The van der Waals surface area contributed by atoms with Gasteiger partial charge in [-0.1, -0.05) is 22.0 Å². The van der Waals surface area contributed by atoms with Gasteiger partial charge in [0, 0.05) is 23.7 Å². The molecule has 1 aliphatic heterocycles. The molecule has 2 fully saturated rings.